The van der Waals surface area contributed by atoms with E-state index in [1.807, 2.05) is 0 Å². The third-order valence-electron chi connectivity index (χ3n) is 2.71. The summed E-state index contributed by atoms with van der Waals surface area (Å²) in [5.41, 5.74) is 0.780. The Morgan fingerprint density at radius 3 is 2.48 bits per heavy atom. The number of rotatable bonds is 4. The molecule has 1 heterocycles. The largest absolute Gasteiger partial charge is 0.465 e. The number of methoxy groups -OCH3 is 1. The van der Waals surface area contributed by atoms with Gasteiger partial charge in [0.1, 0.15) is 10.7 Å². The normalized spacial score (nSPS) is 11.2. The first-order valence-corrected chi connectivity index (χ1v) is 8.16. The van der Waals surface area contributed by atoms with Crippen LogP contribution in [0.5, 0.6) is 0 Å². The molecule has 0 unspecified atom stereocenters. The van der Waals surface area contributed by atoms with Gasteiger partial charge in [-0.2, -0.15) is 0 Å². The predicted octanol–water partition coefficient (Wildman–Crippen LogP) is 2.78. The Bertz CT molecular complexity index is 766. The molecule has 0 bridgehead atoms. The van der Waals surface area contributed by atoms with Crippen molar-refractivity contribution in [2.75, 3.05) is 11.8 Å². The summed E-state index contributed by atoms with van der Waals surface area (Å²) < 4.78 is 44.3. The molecule has 0 aliphatic rings. The van der Waals surface area contributed by atoms with Crippen LogP contribution in [0.2, 0.25) is 0 Å². The van der Waals surface area contributed by atoms with Crippen molar-refractivity contribution >= 4 is 33.0 Å². The molecule has 0 aliphatic carbocycles. The number of benzene rings is 1. The van der Waals surface area contributed by atoms with Gasteiger partial charge in [-0.25, -0.2) is 17.6 Å². The van der Waals surface area contributed by atoms with Gasteiger partial charge in [0.05, 0.1) is 17.7 Å². The number of hydrogen-bond acceptors (Lipinski definition) is 5. The molecule has 0 amide bonds. The van der Waals surface area contributed by atoms with Crippen LogP contribution < -0.4 is 4.72 Å². The maximum absolute atomic E-state index is 12.9. The zero-order chi connectivity index (χ0) is 15.6. The number of thiophene rings is 1. The lowest BCUT2D eigenvalue weighted by Crippen LogP contribution is -2.15. The first-order chi connectivity index (χ1) is 9.85. The molecule has 2 aromatic rings. The average Bonchev–Trinajstić information content (AvgIpc) is 2.79. The third kappa shape index (κ3) is 3.22. The van der Waals surface area contributed by atoms with Crippen LogP contribution in [0.25, 0.3) is 0 Å². The molecule has 0 saturated heterocycles. The Morgan fingerprint density at radius 2 is 1.90 bits per heavy atom. The number of esters is 1. The van der Waals surface area contributed by atoms with E-state index in [9.17, 15) is 17.6 Å². The molecule has 0 saturated carbocycles. The van der Waals surface area contributed by atoms with Crippen molar-refractivity contribution in [2.24, 2.45) is 0 Å². The van der Waals surface area contributed by atoms with Gasteiger partial charge in [0, 0.05) is 0 Å². The second-order valence-corrected chi connectivity index (χ2v) is 6.74. The minimum Gasteiger partial charge on any atom is -0.465 e. The van der Waals surface area contributed by atoms with E-state index in [-0.39, 0.29) is 15.5 Å². The standard InChI is InChI=1S/C13H12FNO4S2/c1-8-7-20-12(13(16)19-2)11(8)15-21(17,18)10-5-3-9(14)4-6-10/h3-7,15H,1-2H3. The van der Waals surface area contributed by atoms with Crippen molar-refractivity contribution in [2.45, 2.75) is 11.8 Å². The van der Waals surface area contributed by atoms with Crippen molar-refractivity contribution < 1.29 is 22.3 Å². The summed E-state index contributed by atoms with van der Waals surface area (Å²) in [5.74, 6) is -1.15. The average molecular weight is 329 g/mol. The van der Waals surface area contributed by atoms with Crippen LogP contribution in [0.4, 0.5) is 10.1 Å². The van der Waals surface area contributed by atoms with Gasteiger partial charge in [0.15, 0.2) is 0 Å². The molecule has 0 atom stereocenters. The minimum absolute atomic E-state index is 0.0923. The highest BCUT2D eigenvalue weighted by Crippen LogP contribution is 2.30. The molecule has 8 heteroatoms. The summed E-state index contributed by atoms with van der Waals surface area (Å²) in [6.07, 6.45) is 0. The van der Waals surface area contributed by atoms with Crippen molar-refractivity contribution in [1.29, 1.82) is 0 Å². The Hall–Kier alpha value is -1.93. The molecule has 1 N–H and O–H groups in total. The van der Waals surface area contributed by atoms with Crippen LogP contribution in [-0.4, -0.2) is 21.5 Å². The van der Waals surface area contributed by atoms with Gasteiger partial charge in [0.25, 0.3) is 10.0 Å². The van der Waals surface area contributed by atoms with Crippen LogP contribution in [0, 0.1) is 12.7 Å². The van der Waals surface area contributed by atoms with Gasteiger partial charge in [-0.3, -0.25) is 4.72 Å². The molecule has 1 aromatic carbocycles. The summed E-state index contributed by atoms with van der Waals surface area (Å²) in [4.78, 5) is 11.7. The number of anilines is 1. The zero-order valence-electron chi connectivity index (χ0n) is 11.2. The van der Waals surface area contributed by atoms with Gasteiger partial charge in [-0.15, -0.1) is 11.3 Å². The molecule has 5 nitrogen and oxygen atoms in total. The van der Waals surface area contributed by atoms with Crippen molar-refractivity contribution in [3.63, 3.8) is 0 Å². The van der Waals surface area contributed by atoms with E-state index in [0.29, 0.717) is 5.56 Å². The molecule has 0 spiro atoms. The van der Waals surface area contributed by atoms with Gasteiger partial charge in [-0.05, 0) is 42.1 Å². The molecule has 2 rings (SSSR count). The predicted molar refractivity (Wildman–Crippen MR) is 77.6 cm³/mol. The van der Waals surface area contributed by atoms with Crippen molar-refractivity contribution in [3.8, 4) is 0 Å². The Morgan fingerprint density at radius 1 is 1.29 bits per heavy atom. The summed E-state index contributed by atoms with van der Waals surface area (Å²) in [6, 6.07) is 4.40. The van der Waals surface area contributed by atoms with Gasteiger partial charge in [-0.1, -0.05) is 0 Å². The topological polar surface area (TPSA) is 72.5 Å². The second-order valence-electron chi connectivity index (χ2n) is 4.17. The van der Waals surface area contributed by atoms with Crippen LogP contribution in [-0.2, 0) is 14.8 Å². The summed E-state index contributed by atoms with van der Waals surface area (Å²) in [7, 11) is -2.69. The van der Waals surface area contributed by atoms with E-state index in [2.05, 4.69) is 9.46 Å². The SMILES string of the molecule is COC(=O)c1scc(C)c1NS(=O)(=O)c1ccc(F)cc1. The van der Waals surface area contributed by atoms with Crippen molar-refractivity contribution in [3.05, 3.63) is 45.9 Å². The summed E-state index contributed by atoms with van der Waals surface area (Å²) in [6.45, 7) is 1.67. The number of halogens is 1. The van der Waals surface area contributed by atoms with E-state index >= 15 is 0 Å². The first kappa shape index (κ1) is 15.5. The maximum Gasteiger partial charge on any atom is 0.350 e. The smallest absolute Gasteiger partial charge is 0.350 e. The Kier molecular flexibility index (Phi) is 4.29. The number of ether oxygens (including phenoxy) is 1. The highest BCUT2D eigenvalue weighted by Gasteiger charge is 2.22. The number of nitrogens with one attached hydrogen (secondary N) is 1. The molecular weight excluding hydrogens is 317 g/mol. The lowest BCUT2D eigenvalue weighted by atomic mass is 10.3. The van der Waals surface area contributed by atoms with E-state index in [4.69, 9.17) is 0 Å². The fourth-order valence-corrected chi connectivity index (χ4v) is 3.75. The van der Waals surface area contributed by atoms with E-state index in [1.54, 1.807) is 12.3 Å². The van der Waals surface area contributed by atoms with E-state index < -0.39 is 21.8 Å². The Balaban J connectivity index is 2.39. The second kappa shape index (κ2) is 5.82. The fourth-order valence-electron chi connectivity index (χ4n) is 1.62. The summed E-state index contributed by atoms with van der Waals surface area (Å²) >= 11 is 1.09. The van der Waals surface area contributed by atoms with Gasteiger partial charge in [0.2, 0.25) is 0 Å². The quantitative estimate of drug-likeness (QED) is 0.876. The third-order valence-corrected chi connectivity index (χ3v) is 5.15. The number of sulfonamides is 1. The van der Waals surface area contributed by atoms with E-state index in [0.717, 1.165) is 35.6 Å². The monoisotopic (exact) mass is 329 g/mol. The van der Waals surface area contributed by atoms with E-state index in [1.165, 1.54) is 7.11 Å². The molecule has 112 valence electrons. The number of carbonyl (C=O) groups excluding carboxylic acids is 1. The van der Waals surface area contributed by atoms with Crippen LogP contribution >= 0.6 is 11.3 Å². The van der Waals surface area contributed by atoms with Crippen LogP contribution in [0.1, 0.15) is 15.2 Å². The maximum atomic E-state index is 12.9. The highest BCUT2D eigenvalue weighted by atomic mass is 32.2. The molecule has 21 heavy (non-hydrogen) atoms. The lowest BCUT2D eigenvalue weighted by Gasteiger charge is -2.09. The fraction of sp³-hybridized carbons (Fsp3) is 0.154. The number of hydrogen-bond donors (Lipinski definition) is 1. The molecule has 0 fully saturated rings. The molecule has 0 radical (unpaired) electrons. The van der Waals surface area contributed by atoms with Crippen LogP contribution in [0.15, 0.2) is 34.5 Å². The molecule has 1 aromatic heterocycles. The zero-order valence-corrected chi connectivity index (χ0v) is 12.8. The van der Waals surface area contributed by atoms with Gasteiger partial charge >= 0.3 is 5.97 Å². The lowest BCUT2D eigenvalue weighted by molar-refractivity contribution is 0.0607. The Labute approximate surface area is 125 Å². The number of aryl methyl sites for hydroxylation is 1. The van der Waals surface area contributed by atoms with Gasteiger partial charge < -0.3 is 4.74 Å². The van der Waals surface area contributed by atoms with Crippen LogP contribution in [0.3, 0.4) is 0 Å². The molecular formula is C13H12FNO4S2. The first-order valence-electron chi connectivity index (χ1n) is 5.80. The number of carbonyl (C=O) groups is 1. The minimum atomic E-state index is -3.90. The van der Waals surface area contributed by atoms with Crippen molar-refractivity contribution in [1.82, 2.24) is 0 Å². The summed E-state index contributed by atoms with van der Waals surface area (Å²) in [5, 5.41) is 1.65. The highest BCUT2D eigenvalue weighted by molar-refractivity contribution is 7.92. The molecule has 0 aliphatic heterocycles.